The van der Waals surface area contributed by atoms with Crippen molar-refractivity contribution in [2.45, 2.75) is 157 Å². The summed E-state index contributed by atoms with van der Waals surface area (Å²) in [5, 5.41) is 2.00. The van der Waals surface area contributed by atoms with Gasteiger partial charge in [-0.1, -0.05) is 240 Å². The van der Waals surface area contributed by atoms with E-state index >= 15 is 0 Å². The Labute approximate surface area is 432 Å². The monoisotopic (exact) mass is 983 g/mol. The van der Waals surface area contributed by atoms with Gasteiger partial charge in [0.15, 0.2) is 0 Å². The van der Waals surface area contributed by atoms with Crippen LogP contribution in [-0.2, 0) is 32.5 Å². The van der Waals surface area contributed by atoms with Gasteiger partial charge in [0, 0.05) is 27.6 Å². The highest BCUT2D eigenvalue weighted by Crippen LogP contribution is 2.49. The topological polar surface area (TPSA) is 27.7 Å². The molecule has 1 atom stereocenters. The average molecular weight is 983 g/mol. The Hall–Kier alpha value is -5.20. The van der Waals surface area contributed by atoms with Crippen molar-refractivity contribution in [2.24, 2.45) is 0 Å². The molecule has 0 aliphatic carbocycles. The number of benzene rings is 7. The van der Waals surface area contributed by atoms with Crippen molar-refractivity contribution < 1.29 is 13.8 Å². The minimum Gasteiger partial charge on any atom is -0.456 e. The molecule has 71 heavy (non-hydrogen) atoms. The van der Waals surface area contributed by atoms with Gasteiger partial charge in [0.2, 0.25) is 0 Å². The van der Waals surface area contributed by atoms with Crippen molar-refractivity contribution >= 4 is 28.2 Å². The van der Waals surface area contributed by atoms with Gasteiger partial charge >= 0.3 is 8.38 Å². The van der Waals surface area contributed by atoms with Crippen molar-refractivity contribution in [3.63, 3.8) is 0 Å². The van der Waals surface area contributed by atoms with Gasteiger partial charge in [-0.25, -0.2) is 0 Å². The Morgan fingerprint density at radius 3 is 1.14 bits per heavy atom. The molecule has 0 aliphatic heterocycles. The molecule has 0 aliphatic rings. The molecule has 0 aromatic heterocycles. The Morgan fingerprint density at radius 2 is 0.732 bits per heavy atom. The number of hydrogen-bond donors (Lipinski definition) is 0. The molecule has 372 valence electrons. The molecule has 7 rings (SSSR count). The SMILES string of the molecule is CC(C)(C)c1ccc(Oc2c(P)ccc(-c3ccccc3)c2-c2ccc(-c3ccc(P(Oc4ccc(C(C)(C)C)cc4C(C)(C)C)Oc4ccc(C(C)(C)C)cc4C(C)(C)C)cc3)cc2)c(C(C)(C)C)c1. The fraction of sp³-hybridized carbons (Fsp3) is 0.364. The van der Waals surface area contributed by atoms with Gasteiger partial charge in [-0.2, -0.15) is 0 Å². The third kappa shape index (κ3) is 12.5. The second-order valence-corrected chi connectivity index (χ2v) is 27.6. The van der Waals surface area contributed by atoms with Crippen LogP contribution in [-0.4, -0.2) is 0 Å². The Morgan fingerprint density at radius 1 is 0.352 bits per heavy atom. The van der Waals surface area contributed by atoms with Gasteiger partial charge in [0.05, 0.1) is 5.30 Å². The Kier molecular flexibility index (Phi) is 15.1. The van der Waals surface area contributed by atoms with Gasteiger partial charge in [-0.05, 0) is 107 Å². The van der Waals surface area contributed by atoms with E-state index in [4.69, 9.17) is 13.8 Å². The highest BCUT2D eigenvalue weighted by Gasteiger charge is 2.31. The molecule has 0 saturated carbocycles. The van der Waals surface area contributed by atoms with Crippen molar-refractivity contribution in [3.05, 3.63) is 179 Å². The van der Waals surface area contributed by atoms with Gasteiger partial charge in [-0.15, -0.1) is 9.24 Å². The quantitative estimate of drug-likeness (QED) is 0.128. The van der Waals surface area contributed by atoms with Crippen molar-refractivity contribution in [1.82, 2.24) is 0 Å². The van der Waals surface area contributed by atoms with E-state index < -0.39 is 8.38 Å². The van der Waals surface area contributed by atoms with Gasteiger partial charge < -0.3 is 13.8 Å². The summed E-state index contributed by atoms with van der Waals surface area (Å²) in [5.74, 6) is 3.41. The molecule has 7 aromatic carbocycles. The molecule has 0 spiro atoms. The first-order chi connectivity index (χ1) is 32.9. The van der Waals surface area contributed by atoms with Crippen LogP contribution in [0, 0.1) is 0 Å². The predicted octanol–water partition coefficient (Wildman–Crippen LogP) is 18.9. The van der Waals surface area contributed by atoms with Crippen LogP contribution in [0.1, 0.15) is 158 Å². The van der Waals surface area contributed by atoms with Crippen molar-refractivity contribution in [3.8, 4) is 56.4 Å². The first-order valence-electron chi connectivity index (χ1n) is 25.4. The van der Waals surface area contributed by atoms with Gasteiger partial charge in [0.1, 0.15) is 23.0 Å². The van der Waals surface area contributed by atoms with E-state index in [9.17, 15) is 0 Å². The van der Waals surface area contributed by atoms with E-state index in [1.165, 1.54) is 33.4 Å². The lowest BCUT2D eigenvalue weighted by molar-refractivity contribution is 0.457. The molecule has 0 fully saturated rings. The Balaban J connectivity index is 1.30. The summed E-state index contributed by atoms with van der Waals surface area (Å²) >= 11 is 0. The van der Waals surface area contributed by atoms with Crippen LogP contribution in [0.5, 0.6) is 23.0 Å². The molecule has 1 unspecified atom stereocenters. The minimum atomic E-state index is -1.61. The lowest BCUT2D eigenvalue weighted by Gasteiger charge is -2.30. The van der Waals surface area contributed by atoms with Crippen LogP contribution >= 0.6 is 17.6 Å². The average Bonchev–Trinajstić information content (AvgIpc) is 3.28. The maximum absolute atomic E-state index is 7.19. The van der Waals surface area contributed by atoms with Gasteiger partial charge in [0.25, 0.3) is 0 Å². The van der Waals surface area contributed by atoms with E-state index in [1.807, 2.05) is 0 Å². The molecule has 3 nitrogen and oxygen atoms in total. The summed E-state index contributed by atoms with van der Waals surface area (Å²) in [6.07, 6.45) is 0. The Bertz CT molecular complexity index is 2900. The molecule has 0 N–H and O–H groups in total. The number of ether oxygens (including phenoxy) is 1. The van der Waals surface area contributed by atoms with Crippen molar-refractivity contribution in [1.29, 1.82) is 0 Å². The smallest absolute Gasteiger partial charge is 0.326 e. The van der Waals surface area contributed by atoms with E-state index in [2.05, 4.69) is 279 Å². The lowest BCUT2D eigenvalue weighted by atomic mass is 9.80. The summed E-state index contributed by atoms with van der Waals surface area (Å²) in [7, 11) is 1.34. The number of rotatable bonds is 10. The second kappa shape index (κ2) is 20.0. The highest BCUT2D eigenvalue weighted by molar-refractivity contribution is 7.56. The van der Waals surface area contributed by atoms with E-state index in [0.717, 1.165) is 67.0 Å². The molecule has 0 heterocycles. The lowest BCUT2D eigenvalue weighted by Crippen LogP contribution is -2.20. The molecule has 0 amide bonds. The molecular formula is C66H80O3P2. The third-order valence-corrected chi connectivity index (χ3v) is 15.3. The van der Waals surface area contributed by atoms with Crippen molar-refractivity contribution in [2.75, 3.05) is 0 Å². The van der Waals surface area contributed by atoms with Crippen LogP contribution in [0.3, 0.4) is 0 Å². The summed E-state index contributed by atoms with van der Waals surface area (Å²) in [4.78, 5) is 0. The van der Waals surface area contributed by atoms with Gasteiger partial charge in [-0.3, -0.25) is 0 Å². The standard InChI is InChI=1S/C66H80O3P2/c1-61(2,3)47-30-36-55(52(40-47)64(10,11)12)67-60-58(70)39-35-51(45-22-20-19-21-23-45)59(60)46-26-24-43(25-27-46)44-28-33-50(34-29-44)71(68-56-37-31-48(62(4,5)6)41-53(56)65(13,14)15)69-57-38-32-49(63(7,8)9)42-54(57)66(16,17)18/h19-42H,70H2,1-18H3. The zero-order valence-electron chi connectivity index (χ0n) is 46.1. The molecular weight excluding hydrogens is 903 g/mol. The van der Waals surface area contributed by atoms with Crippen LogP contribution in [0.15, 0.2) is 146 Å². The van der Waals surface area contributed by atoms with E-state index in [1.54, 1.807) is 0 Å². The number of hydrogen-bond acceptors (Lipinski definition) is 3. The molecule has 5 heteroatoms. The van der Waals surface area contributed by atoms with E-state index in [0.29, 0.717) is 0 Å². The summed E-state index contributed by atoms with van der Waals surface area (Å²) < 4.78 is 21.6. The molecule has 0 bridgehead atoms. The zero-order chi connectivity index (χ0) is 52.1. The zero-order valence-corrected chi connectivity index (χ0v) is 48.2. The second-order valence-electron chi connectivity index (χ2n) is 25.6. The van der Waals surface area contributed by atoms with E-state index in [-0.39, 0.29) is 32.5 Å². The summed E-state index contributed by atoms with van der Waals surface area (Å²) in [6.45, 7) is 40.7. The third-order valence-electron chi connectivity index (χ3n) is 13.4. The molecule has 7 aromatic rings. The summed E-state index contributed by atoms with van der Waals surface area (Å²) in [6, 6.07) is 52.8. The normalized spacial score (nSPS) is 12.8. The maximum Gasteiger partial charge on any atom is 0.326 e. The molecule has 0 radical (unpaired) electrons. The van der Waals surface area contributed by atoms with Crippen LogP contribution < -0.4 is 24.4 Å². The van der Waals surface area contributed by atoms with Crippen LogP contribution in [0.2, 0.25) is 0 Å². The largest absolute Gasteiger partial charge is 0.456 e. The highest BCUT2D eigenvalue weighted by atomic mass is 31.2. The fourth-order valence-corrected chi connectivity index (χ4v) is 10.5. The maximum atomic E-state index is 7.19. The summed E-state index contributed by atoms with van der Waals surface area (Å²) in [5.41, 5.74) is 13.6. The predicted molar refractivity (Wildman–Crippen MR) is 312 cm³/mol. The first-order valence-corrected chi connectivity index (χ1v) is 27.1. The first kappa shape index (κ1) is 53.6. The van der Waals surface area contributed by atoms with Crippen LogP contribution in [0.25, 0.3) is 33.4 Å². The minimum absolute atomic E-state index is 0.00135. The fourth-order valence-electron chi connectivity index (χ4n) is 8.87. The van der Waals surface area contributed by atoms with Crippen LogP contribution in [0.4, 0.5) is 0 Å². The molecule has 0 saturated heterocycles.